The van der Waals surface area contributed by atoms with Gasteiger partial charge in [-0.15, -0.1) is 0 Å². The average Bonchev–Trinajstić information content (AvgIpc) is 3.24. The van der Waals surface area contributed by atoms with Crippen LogP contribution in [0.3, 0.4) is 0 Å². The molecule has 1 aliphatic rings. The maximum absolute atomic E-state index is 13.4. The van der Waals surface area contributed by atoms with E-state index in [4.69, 9.17) is 4.74 Å². The Morgan fingerprint density at radius 1 is 0.839 bits per heavy atom. The van der Waals surface area contributed by atoms with E-state index in [1.165, 1.54) is 6.07 Å². The number of hydrogen-bond donors (Lipinski definition) is 1. The van der Waals surface area contributed by atoms with Gasteiger partial charge in [0.2, 0.25) is 11.6 Å². The molecular weight excluding hydrogens is 394 g/mol. The molecule has 4 rings (SSSR count). The Bertz CT molecular complexity index is 1210. The molecule has 0 amide bonds. The summed E-state index contributed by atoms with van der Waals surface area (Å²) in [4.78, 5) is 54.4. The Balaban J connectivity index is 1.78. The minimum atomic E-state index is -1.21. The van der Waals surface area contributed by atoms with Crippen molar-refractivity contribution in [1.82, 2.24) is 4.98 Å². The molecule has 3 aromatic rings. The number of aromatic amines is 1. The average molecular weight is 415 g/mol. The van der Waals surface area contributed by atoms with Gasteiger partial charge in [0.05, 0.1) is 0 Å². The number of ketones is 3. The fraction of sp³-hybridized carbons (Fsp3) is 0.200. The minimum Gasteiger partial charge on any atom is -0.459 e. The molecule has 0 spiro atoms. The Morgan fingerprint density at radius 2 is 1.48 bits per heavy atom. The van der Waals surface area contributed by atoms with Crippen LogP contribution in [-0.2, 0) is 9.53 Å². The highest BCUT2D eigenvalue weighted by molar-refractivity contribution is 6.53. The van der Waals surface area contributed by atoms with Crippen molar-refractivity contribution >= 4 is 23.3 Å². The van der Waals surface area contributed by atoms with Gasteiger partial charge < -0.3 is 9.72 Å². The number of H-pyrrole nitrogens is 1. The molecule has 6 heteroatoms. The number of hydrogen-bond acceptors (Lipinski definition) is 5. The Labute approximate surface area is 179 Å². The molecule has 1 aromatic heterocycles. The van der Waals surface area contributed by atoms with Gasteiger partial charge in [0.25, 0.3) is 0 Å². The third-order valence-electron chi connectivity index (χ3n) is 5.05. The minimum absolute atomic E-state index is 0.156. The molecule has 0 radical (unpaired) electrons. The lowest BCUT2D eigenvalue weighted by Gasteiger charge is -2.23. The monoisotopic (exact) mass is 415 g/mol. The van der Waals surface area contributed by atoms with E-state index in [-0.39, 0.29) is 11.1 Å². The number of benzene rings is 2. The first-order chi connectivity index (χ1) is 14.7. The van der Waals surface area contributed by atoms with Crippen molar-refractivity contribution in [3.63, 3.8) is 0 Å². The lowest BCUT2D eigenvalue weighted by atomic mass is 9.82. The van der Waals surface area contributed by atoms with E-state index in [0.29, 0.717) is 22.4 Å². The molecule has 1 aliphatic carbocycles. The number of nitrogens with one attached hydrogen (secondary N) is 1. The standard InChI is InChI=1S/C25H21NO5/c1-25(2,3)31-24(30)20(19-9-6-12-26-19)21(27)14-10-11-16-15-7-4-5-8-17(15)22(28)23(29)18(16)13-14/h4-13,20,26H,1-3H3. The zero-order valence-electron chi connectivity index (χ0n) is 17.4. The smallest absolute Gasteiger partial charge is 0.323 e. The molecule has 0 saturated heterocycles. The summed E-state index contributed by atoms with van der Waals surface area (Å²) in [6.07, 6.45) is 1.62. The SMILES string of the molecule is CC(C)(C)OC(=O)C(C(=O)c1ccc2c(c1)C(=O)C(=O)c1ccccc1-2)c1ccc[nH]1. The van der Waals surface area contributed by atoms with Crippen molar-refractivity contribution in [3.8, 4) is 11.1 Å². The fourth-order valence-electron chi connectivity index (χ4n) is 3.71. The molecular formula is C25H21NO5. The molecule has 0 bridgehead atoms. The predicted molar refractivity (Wildman–Crippen MR) is 114 cm³/mol. The van der Waals surface area contributed by atoms with Crippen molar-refractivity contribution in [3.05, 3.63) is 83.2 Å². The van der Waals surface area contributed by atoms with E-state index in [1.807, 2.05) is 0 Å². The number of aromatic nitrogens is 1. The van der Waals surface area contributed by atoms with Crippen LogP contribution in [0.1, 0.15) is 63.5 Å². The number of fused-ring (bicyclic) bond motifs is 3. The normalized spacial score (nSPS) is 13.9. The first-order valence-corrected chi connectivity index (χ1v) is 9.90. The highest BCUT2D eigenvalue weighted by Crippen LogP contribution is 2.35. The largest absolute Gasteiger partial charge is 0.459 e. The number of ether oxygens (including phenoxy) is 1. The van der Waals surface area contributed by atoms with Crippen molar-refractivity contribution in [2.75, 3.05) is 0 Å². The molecule has 31 heavy (non-hydrogen) atoms. The molecule has 0 saturated carbocycles. The topological polar surface area (TPSA) is 93.3 Å². The quantitative estimate of drug-likeness (QED) is 0.296. The summed E-state index contributed by atoms with van der Waals surface area (Å²) in [5.41, 5.74) is 1.51. The number of carbonyl (C=O) groups excluding carboxylic acids is 4. The molecule has 0 fully saturated rings. The van der Waals surface area contributed by atoms with E-state index < -0.39 is 34.8 Å². The Hall–Kier alpha value is -3.80. The summed E-state index contributed by atoms with van der Waals surface area (Å²) >= 11 is 0. The maximum Gasteiger partial charge on any atom is 0.323 e. The van der Waals surface area contributed by atoms with Crippen molar-refractivity contribution in [2.45, 2.75) is 32.3 Å². The molecule has 1 unspecified atom stereocenters. The van der Waals surface area contributed by atoms with Crippen LogP contribution < -0.4 is 0 Å². The summed E-state index contributed by atoms with van der Waals surface area (Å²) in [6, 6.07) is 14.8. The second kappa shape index (κ2) is 7.47. The van der Waals surface area contributed by atoms with E-state index in [1.54, 1.807) is 75.5 Å². The molecule has 0 aliphatic heterocycles. The number of carbonyl (C=O) groups is 4. The van der Waals surface area contributed by atoms with Crippen LogP contribution in [0.25, 0.3) is 11.1 Å². The lowest BCUT2D eigenvalue weighted by molar-refractivity contribution is -0.155. The Kier molecular flexibility index (Phi) is 4.93. The van der Waals surface area contributed by atoms with Gasteiger partial charge in [-0.25, -0.2) is 0 Å². The van der Waals surface area contributed by atoms with Crippen molar-refractivity contribution in [2.24, 2.45) is 0 Å². The van der Waals surface area contributed by atoms with E-state index in [2.05, 4.69) is 4.98 Å². The molecule has 156 valence electrons. The van der Waals surface area contributed by atoms with Gasteiger partial charge in [-0.2, -0.15) is 0 Å². The van der Waals surface area contributed by atoms with Gasteiger partial charge in [0.1, 0.15) is 5.60 Å². The van der Waals surface area contributed by atoms with Crippen LogP contribution in [0, 0.1) is 0 Å². The van der Waals surface area contributed by atoms with Crippen LogP contribution in [0.15, 0.2) is 60.8 Å². The highest BCUT2D eigenvalue weighted by Gasteiger charge is 2.36. The van der Waals surface area contributed by atoms with Crippen LogP contribution in [0.2, 0.25) is 0 Å². The van der Waals surface area contributed by atoms with Crippen molar-refractivity contribution in [1.29, 1.82) is 0 Å². The zero-order valence-corrected chi connectivity index (χ0v) is 17.4. The third-order valence-corrected chi connectivity index (χ3v) is 5.05. The lowest BCUT2D eigenvalue weighted by Crippen LogP contribution is -2.32. The van der Waals surface area contributed by atoms with E-state index in [0.717, 1.165) is 0 Å². The molecule has 6 nitrogen and oxygen atoms in total. The first-order valence-electron chi connectivity index (χ1n) is 9.90. The van der Waals surface area contributed by atoms with E-state index in [9.17, 15) is 19.2 Å². The number of Topliss-reactive ketones (excluding diaryl/α,β-unsaturated/α-hetero) is 3. The molecule has 1 N–H and O–H groups in total. The van der Waals surface area contributed by atoms with Crippen LogP contribution in [-0.4, -0.2) is 33.9 Å². The second-order valence-corrected chi connectivity index (χ2v) is 8.42. The summed E-state index contributed by atoms with van der Waals surface area (Å²) in [5, 5.41) is 0. The second-order valence-electron chi connectivity index (χ2n) is 8.42. The third kappa shape index (κ3) is 3.72. The van der Waals surface area contributed by atoms with Gasteiger partial charge in [-0.1, -0.05) is 36.4 Å². The predicted octanol–water partition coefficient (Wildman–Crippen LogP) is 4.37. The first kappa shape index (κ1) is 20.5. The summed E-state index contributed by atoms with van der Waals surface area (Å²) in [5.74, 6) is -3.70. The summed E-state index contributed by atoms with van der Waals surface area (Å²) in [6.45, 7) is 5.17. The van der Waals surface area contributed by atoms with Crippen LogP contribution in [0.4, 0.5) is 0 Å². The van der Waals surface area contributed by atoms with Gasteiger partial charge in [-0.05, 0) is 50.1 Å². The summed E-state index contributed by atoms with van der Waals surface area (Å²) in [7, 11) is 0. The zero-order chi connectivity index (χ0) is 22.3. The highest BCUT2D eigenvalue weighted by atomic mass is 16.6. The number of esters is 1. The van der Waals surface area contributed by atoms with Gasteiger partial charge in [-0.3, -0.25) is 19.2 Å². The van der Waals surface area contributed by atoms with Gasteiger partial charge in [0, 0.05) is 28.6 Å². The summed E-state index contributed by atoms with van der Waals surface area (Å²) < 4.78 is 5.46. The molecule has 2 aromatic carbocycles. The molecule has 1 heterocycles. The maximum atomic E-state index is 13.4. The van der Waals surface area contributed by atoms with Gasteiger partial charge in [0.15, 0.2) is 11.7 Å². The van der Waals surface area contributed by atoms with Gasteiger partial charge >= 0.3 is 5.97 Å². The fourth-order valence-corrected chi connectivity index (χ4v) is 3.71. The number of rotatable bonds is 4. The Morgan fingerprint density at radius 3 is 2.13 bits per heavy atom. The van der Waals surface area contributed by atoms with Crippen LogP contribution >= 0.6 is 0 Å². The van der Waals surface area contributed by atoms with Crippen molar-refractivity contribution < 1.29 is 23.9 Å². The van der Waals surface area contributed by atoms with Crippen LogP contribution in [0.5, 0.6) is 0 Å². The molecule has 1 atom stereocenters. The van der Waals surface area contributed by atoms with E-state index >= 15 is 0 Å².